The van der Waals surface area contributed by atoms with Crippen molar-refractivity contribution < 1.29 is 17.9 Å². The maximum Gasteiger partial charge on any atom is 0.260 e. The standard InChI is InChI=1S/C15H21NO4S/c1-3-16(13-8-9-21(18,19)11-13)15(17)10-20-14-7-5-4-6-12(14)2/h4-7,13H,3,8-11H2,1-2H3. The summed E-state index contributed by atoms with van der Waals surface area (Å²) in [6, 6.07) is 7.28. The zero-order valence-corrected chi connectivity index (χ0v) is 13.2. The van der Waals surface area contributed by atoms with E-state index in [-0.39, 0.29) is 30.1 Å². The van der Waals surface area contributed by atoms with Crippen LogP contribution in [-0.4, -0.2) is 49.9 Å². The first-order valence-electron chi connectivity index (χ1n) is 7.11. The van der Waals surface area contributed by atoms with E-state index in [0.29, 0.717) is 18.7 Å². The number of carbonyl (C=O) groups is 1. The molecule has 1 saturated heterocycles. The van der Waals surface area contributed by atoms with Crippen molar-refractivity contribution in [2.24, 2.45) is 0 Å². The third kappa shape index (κ3) is 3.97. The smallest absolute Gasteiger partial charge is 0.260 e. The molecule has 116 valence electrons. The maximum atomic E-state index is 12.3. The van der Waals surface area contributed by atoms with Crippen LogP contribution in [0.1, 0.15) is 18.9 Å². The molecular formula is C15H21NO4S. The normalized spacial score (nSPS) is 20.2. The molecule has 5 nitrogen and oxygen atoms in total. The van der Waals surface area contributed by atoms with E-state index in [1.54, 1.807) is 4.90 Å². The van der Waals surface area contributed by atoms with E-state index in [1.165, 1.54) is 0 Å². The molecule has 1 amide bonds. The van der Waals surface area contributed by atoms with Crippen LogP contribution in [0, 0.1) is 6.92 Å². The SMILES string of the molecule is CCN(C(=O)COc1ccccc1C)C1CCS(=O)(=O)C1. The Morgan fingerprint density at radius 1 is 1.38 bits per heavy atom. The first kappa shape index (κ1) is 15.8. The van der Waals surface area contributed by atoms with Crippen molar-refractivity contribution in [1.82, 2.24) is 4.90 Å². The molecule has 1 aromatic rings. The van der Waals surface area contributed by atoms with E-state index in [9.17, 15) is 13.2 Å². The largest absolute Gasteiger partial charge is 0.484 e. The molecule has 2 rings (SSSR count). The fraction of sp³-hybridized carbons (Fsp3) is 0.533. The summed E-state index contributed by atoms with van der Waals surface area (Å²) in [6.45, 7) is 4.21. The number of sulfone groups is 1. The van der Waals surface area contributed by atoms with Gasteiger partial charge in [0.15, 0.2) is 16.4 Å². The molecule has 0 radical (unpaired) electrons. The number of likely N-dealkylation sites (N-methyl/N-ethyl adjacent to an activating group) is 1. The number of hydrogen-bond acceptors (Lipinski definition) is 4. The number of aryl methyl sites for hydroxylation is 1. The number of rotatable bonds is 5. The lowest BCUT2D eigenvalue weighted by Gasteiger charge is -2.26. The van der Waals surface area contributed by atoms with Crippen molar-refractivity contribution in [3.63, 3.8) is 0 Å². The summed E-state index contributed by atoms with van der Waals surface area (Å²) in [4.78, 5) is 13.9. The van der Waals surface area contributed by atoms with E-state index in [4.69, 9.17) is 4.74 Å². The minimum atomic E-state index is -2.99. The van der Waals surface area contributed by atoms with E-state index >= 15 is 0 Å². The predicted octanol–water partition coefficient (Wildman–Crippen LogP) is 1.41. The molecule has 1 unspecified atom stereocenters. The van der Waals surface area contributed by atoms with Crippen LogP contribution in [0.5, 0.6) is 5.75 Å². The van der Waals surface area contributed by atoms with Gasteiger partial charge in [0, 0.05) is 12.6 Å². The van der Waals surface area contributed by atoms with Crippen LogP contribution in [0.3, 0.4) is 0 Å². The molecule has 0 bridgehead atoms. The molecule has 1 aromatic carbocycles. The van der Waals surface area contributed by atoms with Crippen LogP contribution in [0.15, 0.2) is 24.3 Å². The first-order valence-corrected chi connectivity index (χ1v) is 8.93. The van der Waals surface area contributed by atoms with Gasteiger partial charge in [0.2, 0.25) is 0 Å². The van der Waals surface area contributed by atoms with Gasteiger partial charge in [0.05, 0.1) is 11.5 Å². The second kappa shape index (κ2) is 6.47. The van der Waals surface area contributed by atoms with Gasteiger partial charge in [0.1, 0.15) is 5.75 Å². The van der Waals surface area contributed by atoms with E-state index < -0.39 is 9.84 Å². The third-order valence-electron chi connectivity index (χ3n) is 3.75. The average Bonchev–Trinajstić information content (AvgIpc) is 2.79. The summed E-state index contributed by atoms with van der Waals surface area (Å²) in [5.74, 6) is 0.751. The highest BCUT2D eigenvalue weighted by Crippen LogP contribution is 2.19. The molecule has 1 heterocycles. The second-order valence-corrected chi connectivity index (χ2v) is 7.52. The minimum absolute atomic E-state index is 0.0603. The predicted molar refractivity (Wildman–Crippen MR) is 81.1 cm³/mol. The van der Waals surface area contributed by atoms with Crippen molar-refractivity contribution in [2.75, 3.05) is 24.7 Å². The Kier molecular flexibility index (Phi) is 4.88. The third-order valence-corrected chi connectivity index (χ3v) is 5.51. The van der Waals surface area contributed by atoms with E-state index in [1.807, 2.05) is 38.1 Å². The van der Waals surface area contributed by atoms with Gasteiger partial charge in [-0.3, -0.25) is 4.79 Å². The number of ether oxygens (including phenoxy) is 1. The fourth-order valence-corrected chi connectivity index (χ4v) is 4.33. The number of carbonyl (C=O) groups excluding carboxylic acids is 1. The number of nitrogens with zero attached hydrogens (tertiary/aromatic N) is 1. The fourth-order valence-electron chi connectivity index (χ4n) is 2.60. The average molecular weight is 311 g/mol. The minimum Gasteiger partial charge on any atom is -0.484 e. The molecule has 0 aromatic heterocycles. The van der Waals surface area contributed by atoms with Crippen molar-refractivity contribution in [3.8, 4) is 5.75 Å². The van der Waals surface area contributed by atoms with Crippen molar-refractivity contribution in [3.05, 3.63) is 29.8 Å². The van der Waals surface area contributed by atoms with Gasteiger partial charge in [-0.2, -0.15) is 0 Å². The zero-order chi connectivity index (χ0) is 15.5. The Morgan fingerprint density at radius 2 is 2.10 bits per heavy atom. The summed E-state index contributed by atoms with van der Waals surface area (Å²) >= 11 is 0. The van der Waals surface area contributed by atoms with Gasteiger partial charge in [-0.15, -0.1) is 0 Å². The molecule has 0 aliphatic carbocycles. The van der Waals surface area contributed by atoms with Crippen molar-refractivity contribution in [1.29, 1.82) is 0 Å². The monoisotopic (exact) mass is 311 g/mol. The Balaban J connectivity index is 1.97. The van der Waals surface area contributed by atoms with Crippen molar-refractivity contribution >= 4 is 15.7 Å². The van der Waals surface area contributed by atoms with Crippen LogP contribution in [0.25, 0.3) is 0 Å². The molecule has 21 heavy (non-hydrogen) atoms. The van der Waals surface area contributed by atoms with Crippen LogP contribution in [0.4, 0.5) is 0 Å². The van der Waals surface area contributed by atoms with E-state index in [0.717, 1.165) is 5.56 Å². The Labute approximate surface area is 125 Å². The number of amides is 1. The molecule has 1 aliphatic heterocycles. The van der Waals surface area contributed by atoms with Gasteiger partial charge in [-0.25, -0.2) is 8.42 Å². The lowest BCUT2D eigenvalue weighted by atomic mass is 10.2. The summed E-state index contributed by atoms with van der Waals surface area (Å²) in [6.07, 6.45) is 0.520. The molecule has 1 atom stereocenters. The topological polar surface area (TPSA) is 63.7 Å². The summed E-state index contributed by atoms with van der Waals surface area (Å²) < 4.78 is 28.6. The lowest BCUT2D eigenvalue weighted by molar-refractivity contribution is -0.135. The summed E-state index contributed by atoms with van der Waals surface area (Å²) in [5, 5.41) is 0. The molecule has 0 N–H and O–H groups in total. The molecule has 1 aliphatic rings. The Hall–Kier alpha value is -1.56. The summed E-state index contributed by atoms with van der Waals surface area (Å²) in [7, 11) is -2.99. The van der Waals surface area contributed by atoms with Crippen molar-refractivity contribution in [2.45, 2.75) is 26.3 Å². The molecule has 0 spiro atoms. The second-order valence-electron chi connectivity index (χ2n) is 5.29. The highest BCUT2D eigenvalue weighted by Gasteiger charge is 2.33. The Bertz CT molecular complexity index is 612. The number of hydrogen-bond donors (Lipinski definition) is 0. The number of benzene rings is 1. The highest BCUT2D eigenvalue weighted by molar-refractivity contribution is 7.91. The van der Waals surface area contributed by atoms with Crippen LogP contribution in [-0.2, 0) is 14.6 Å². The summed E-state index contributed by atoms with van der Waals surface area (Å²) in [5.41, 5.74) is 0.969. The van der Waals surface area contributed by atoms with Gasteiger partial charge in [-0.05, 0) is 31.9 Å². The highest BCUT2D eigenvalue weighted by atomic mass is 32.2. The Morgan fingerprint density at radius 3 is 2.67 bits per heavy atom. The lowest BCUT2D eigenvalue weighted by Crippen LogP contribution is -2.43. The first-order chi connectivity index (χ1) is 9.93. The molecular weight excluding hydrogens is 290 g/mol. The van der Waals surface area contributed by atoms with Crippen LogP contribution >= 0.6 is 0 Å². The molecule has 1 fully saturated rings. The maximum absolute atomic E-state index is 12.3. The zero-order valence-electron chi connectivity index (χ0n) is 12.4. The number of para-hydroxylation sites is 1. The van der Waals surface area contributed by atoms with Gasteiger partial charge < -0.3 is 9.64 Å². The van der Waals surface area contributed by atoms with Gasteiger partial charge in [-0.1, -0.05) is 18.2 Å². The quantitative estimate of drug-likeness (QED) is 0.825. The van der Waals surface area contributed by atoms with E-state index in [2.05, 4.69) is 0 Å². The van der Waals surface area contributed by atoms with Gasteiger partial charge >= 0.3 is 0 Å². The molecule has 0 saturated carbocycles. The van der Waals surface area contributed by atoms with Crippen LogP contribution < -0.4 is 4.74 Å². The molecule has 6 heteroatoms. The van der Waals surface area contributed by atoms with Gasteiger partial charge in [0.25, 0.3) is 5.91 Å². The van der Waals surface area contributed by atoms with Crippen LogP contribution in [0.2, 0.25) is 0 Å².